The Kier molecular flexibility index (Phi) is 6.33. The Morgan fingerprint density at radius 2 is 1.86 bits per heavy atom. The summed E-state index contributed by atoms with van der Waals surface area (Å²) >= 11 is 0. The molecule has 0 aliphatic carbocycles. The van der Waals surface area contributed by atoms with Gasteiger partial charge >= 0.3 is 0 Å². The minimum Gasteiger partial charge on any atom is -0.325 e. The van der Waals surface area contributed by atoms with Crippen LogP contribution in [0.3, 0.4) is 0 Å². The number of nitrogens with one attached hydrogen (secondary N) is 2. The van der Waals surface area contributed by atoms with E-state index in [2.05, 4.69) is 11.4 Å². The van der Waals surface area contributed by atoms with Gasteiger partial charge in [-0.05, 0) is 43.2 Å². The third-order valence-electron chi connectivity index (χ3n) is 5.12. The zero-order valence-electron chi connectivity index (χ0n) is 16.6. The van der Waals surface area contributed by atoms with Crippen LogP contribution in [0.25, 0.3) is 0 Å². The molecule has 2 N–H and O–H groups in total. The predicted molar refractivity (Wildman–Crippen MR) is 110 cm³/mol. The fraction of sp³-hybridized carbons (Fsp3) is 0.333. The molecule has 0 unspecified atom stereocenters. The first-order valence-corrected chi connectivity index (χ1v) is 10.9. The predicted octanol–water partition coefficient (Wildman–Crippen LogP) is 0.703. The first kappa shape index (κ1) is 21.0. The molecule has 0 bridgehead atoms. The van der Waals surface area contributed by atoms with E-state index in [-0.39, 0.29) is 12.5 Å². The maximum absolute atomic E-state index is 13.0. The van der Waals surface area contributed by atoms with Gasteiger partial charge in [0.1, 0.15) is 6.07 Å². The second-order valence-corrected chi connectivity index (χ2v) is 9.21. The summed E-state index contributed by atoms with van der Waals surface area (Å²) in [5.41, 5.74) is 2.56. The summed E-state index contributed by atoms with van der Waals surface area (Å²) in [6, 6.07) is 14.4. The zero-order chi connectivity index (χ0) is 21.0. The van der Waals surface area contributed by atoms with Crippen molar-refractivity contribution >= 4 is 21.6 Å². The van der Waals surface area contributed by atoms with Crippen LogP contribution in [0.1, 0.15) is 16.7 Å². The van der Waals surface area contributed by atoms with Crippen LogP contribution in [-0.4, -0.2) is 51.4 Å². The van der Waals surface area contributed by atoms with Crippen molar-refractivity contribution in [2.45, 2.75) is 18.7 Å². The van der Waals surface area contributed by atoms with Gasteiger partial charge in [0.05, 0.1) is 42.3 Å². The number of piperazine rings is 1. The number of nitrogens with zero attached hydrogens (tertiary/aromatic N) is 2. The van der Waals surface area contributed by atoms with Gasteiger partial charge in [-0.2, -0.15) is 9.57 Å². The van der Waals surface area contributed by atoms with Gasteiger partial charge in [-0.15, -0.1) is 0 Å². The molecule has 29 heavy (non-hydrogen) atoms. The second kappa shape index (κ2) is 8.74. The maximum Gasteiger partial charge on any atom is 0.279 e. The van der Waals surface area contributed by atoms with E-state index in [9.17, 15) is 13.2 Å². The smallest absolute Gasteiger partial charge is 0.279 e. The van der Waals surface area contributed by atoms with Crippen LogP contribution in [0.2, 0.25) is 0 Å². The molecule has 1 fully saturated rings. The first-order chi connectivity index (χ1) is 13.8. The third kappa shape index (κ3) is 4.82. The van der Waals surface area contributed by atoms with Crippen molar-refractivity contribution in [2.75, 3.05) is 38.0 Å². The number of benzene rings is 2. The van der Waals surface area contributed by atoms with Gasteiger partial charge in [0, 0.05) is 0 Å². The summed E-state index contributed by atoms with van der Waals surface area (Å²) in [4.78, 5) is 13.7. The molecule has 1 aliphatic heterocycles. The summed E-state index contributed by atoms with van der Waals surface area (Å²) in [7, 11) is -3.54. The Hall–Kier alpha value is -2.73. The Balaban J connectivity index is 1.60. The van der Waals surface area contributed by atoms with E-state index in [1.54, 1.807) is 37.3 Å². The summed E-state index contributed by atoms with van der Waals surface area (Å²) in [6.45, 7) is 5.76. The third-order valence-corrected chi connectivity index (χ3v) is 7.16. The number of carbonyl (C=O) groups is 1. The Morgan fingerprint density at radius 1 is 1.17 bits per heavy atom. The van der Waals surface area contributed by atoms with E-state index in [1.807, 2.05) is 19.1 Å². The fourth-order valence-corrected chi connectivity index (χ4v) is 5.21. The highest BCUT2D eigenvalue weighted by Crippen LogP contribution is 2.21. The van der Waals surface area contributed by atoms with Gasteiger partial charge < -0.3 is 10.2 Å². The van der Waals surface area contributed by atoms with Gasteiger partial charge in [-0.3, -0.25) is 4.79 Å². The Labute approximate surface area is 171 Å². The molecule has 2 aromatic carbocycles. The Morgan fingerprint density at radius 3 is 2.55 bits per heavy atom. The number of carbonyl (C=O) groups excluding carboxylic acids is 1. The molecule has 8 heteroatoms. The Bertz CT molecular complexity index is 1050. The zero-order valence-corrected chi connectivity index (χ0v) is 17.4. The largest absolute Gasteiger partial charge is 0.325 e. The van der Waals surface area contributed by atoms with E-state index in [1.165, 1.54) is 4.31 Å². The van der Waals surface area contributed by atoms with Gasteiger partial charge in [0.25, 0.3) is 5.91 Å². The van der Waals surface area contributed by atoms with E-state index in [4.69, 9.17) is 5.26 Å². The molecule has 1 aliphatic rings. The summed E-state index contributed by atoms with van der Waals surface area (Å²) in [6.07, 6.45) is 0. The molecule has 0 aromatic heterocycles. The van der Waals surface area contributed by atoms with E-state index >= 15 is 0 Å². The van der Waals surface area contributed by atoms with Crippen LogP contribution in [0.5, 0.6) is 0 Å². The quantitative estimate of drug-likeness (QED) is 0.755. The molecule has 2 aromatic rings. The molecule has 1 saturated heterocycles. The van der Waals surface area contributed by atoms with Crippen molar-refractivity contribution < 1.29 is 18.1 Å². The molecule has 0 spiro atoms. The minimum absolute atomic E-state index is 0.187. The molecule has 152 valence electrons. The number of nitriles is 1. The van der Waals surface area contributed by atoms with E-state index < -0.39 is 10.0 Å². The lowest BCUT2D eigenvalue weighted by Gasteiger charge is -2.31. The number of para-hydroxylation sites is 1. The van der Waals surface area contributed by atoms with Crippen LogP contribution in [-0.2, 0) is 14.8 Å². The highest BCUT2D eigenvalue weighted by molar-refractivity contribution is 7.89. The number of amides is 1. The van der Waals surface area contributed by atoms with Crippen LogP contribution < -0.4 is 10.2 Å². The molecular weight excluding hydrogens is 388 g/mol. The molecular formula is C21H25N4O3S+. The molecule has 1 amide bonds. The standard InChI is InChI=1S/C21H24N4O3S/c1-16-7-8-17(2)20(13-16)29(27,28)25-11-9-24(10-12-25)15-21(26)23-19-6-4-3-5-18(19)14-22/h3-8,13H,9-12,15H2,1-2H3,(H,23,26)/p+1. The highest BCUT2D eigenvalue weighted by atomic mass is 32.2. The molecule has 1 heterocycles. The van der Waals surface area contributed by atoms with Crippen molar-refractivity contribution in [3.05, 3.63) is 59.2 Å². The average molecular weight is 414 g/mol. The van der Waals surface area contributed by atoms with Crippen molar-refractivity contribution in [2.24, 2.45) is 0 Å². The lowest BCUT2D eigenvalue weighted by molar-refractivity contribution is -0.895. The van der Waals surface area contributed by atoms with Crippen molar-refractivity contribution in [1.29, 1.82) is 5.26 Å². The number of quaternary nitrogens is 1. The van der Waals surface area contributed by atoms with Crippen molar-refractivity contribution in [3.8, 4) is 6.07 Å². The van der Waals surface area contributed by atoms with Gasteiger partial charge in [-0.25, -0.2) is 8.42 Å². The van der Waals surface area contributed by atoms with Gasteiger partial charge in [0.2, 0.25) is 10.0 Å². The van der Waals surface area contributed by atoms with Crippen molar-refractivity contribution in [3.63, 3.8) is 0 Å². The molecule has 0 radical (unpaired) electrons. The van der Waals surface area contributed by atoms with Crippen LogP contribution >= 0.6 is 0 Å². The van der Waals surface area contributed by atoms with Crippen molar-refractivity contribution in [1.82, 2.24) is 4.31 Å². The van der Waals surface area contributed by atoms with E-state index in [0.29, 0.717) is 42.3 Å². The summed E-state index contributed by atoms with van der Waals surface area (Å²) < 4.78 is 27.5. The number of rotatable bonds is 5. The fourth-order valence-electron chi connectivity index (χ4n) is 3.45. The van der Waals surface area contributed by atoms with Crippen LogP contribution in [0.4, 0.5) is 5.69 Å². The number of hydrogen-bond donors (Lipinski definition) is 2. The first-order valence-electron chi connectivity index (χ1n) is 9.51. The maximum atomic E-state index is 13.0. The van der Waals surface area contributed by atoms with Crippen LogP contribution in [0.15, 0.2) is 47.4 Å². The topological polar surface area (TPSA) is 94.7 Å². The number of anilines is 1. The molecule has 0 saturated carbocycles. The van der Waals surface area contributed by atoms with Gasteiger partial charge in [-0.1, -0.05) is 24.3 Å². The average Bonchev–Trinajstić information content (AvgIpc) is 2.70. The lowest BCUT2D eigenvalue weighted by Crippen LogP contribution is -3.15. The second-order valence-electron chi connectivity index (χ2n) is 7.31. The highest BCUT2D eigenvalue weighted by Gasteiger charge is 2.32. The normalized spacial score (nSPS) is 15.6. The molecule has 3 rings (SSSR count). The molecule has 0 atom stereocenters. The van der Waals surface area contributed by atoms with Crippen LogP contribution in [0, 0.1) is 25.2 Å². The SMILES string of the molecule is Cc1ccc(C)c(S(=O)(=O)N2CC[NH+](CC(=O)Nc3ccccc3C#N)CC2)c1. The lowest BCUT2D eigenvalue weighted by atomic mass is 10.2. The van der Waals surface area contributed by atoms with E-state index in [0.717, 1.165) is 16.0 Å². The monoisotopic (exact) mass is 413 g/mol. The summed E-state index contributed by atoms with van der Waals surface area (Å²) in [5, 5.41) is 11.9. The number of aryl methyl sites for hydroxylation is 2. The minimum atomic E-state index is -3.54. The number of hydrogen-bond acceptors (Lipinski definition) is 4. The summed E-state index contributed by atoms with van der Waals surface area (Å²) in [5.74, 6) is -0.187. The number of sulfonamides is 1. The molecule has 7 nitrogen and oxygen atoms in total. The van der Waals surface area contributed by atoms with Gasteiger partial charge in [0.15, 0.2) is 6.54 Å².